The van der Waals surface area contributed by atoms with E-state index in [9.17, 15) is 4.79 Å². The number of nitrogens with zero attached hydrogens (tertiary/aromatic N) is 1. The van der Waals surface area contributed by atoms with Crippen LogP contribution in [0.5, 0.6) is 0 Å². The molecule has 0 bridgehead atoms. The van der Waals surface area contributed by atoms with E-state index in [2.05, 4.69) is 36.5 Å². The van der Waals surface area contributed by atoms with Gasteiger partial charge in [-0.1, -0.05) is 26.8 Å². The Kier molecular flexibility index (Phi) is 8.59. The minimum Gasteiger partial charge on any atom is -0.399 e. The lowest BCUT2D eigenvalue weighted by Gasteiger charge is -2.14. The molecule has 7 heteroatoms. The first-order valence-corrected chi connectivity index (χ1v) is 7.83. The average molecular weight is 376 g/mol. The van der Waals surface area contributed by atoms with Crippen molar-refractivity contribution in [1.82, 2.24) is 10.3 Å². The van der Waals surface area contributed by atoms with Gasteiger partial charge in [-0.15, -0.1) is 36.2 Å². The third kappa shape index (κ3) is 6.37. The summed E-state index contributed by atoms with van der Waals surface area (Å²) in [7, 11) is 0. The molecule has 0 saturated carbocycles. The van der Waals surface area contributed by atoms with E-state index >= 15 is 0 Å². The van der Waals surface area contributed by atoms with Crippen LogP contribution in [0.3, 0.4) is 0 Å². The Balaban J connectivity index is 0.00000242. The van der Waals surface area contributed by atoms with Crippen LogP contribution >= 0.6 is 36.2 Å². The molecule has 0 aliphatic carbocycles. The molecule has 1 aromatic heterocycles. The van der Waals surface area contributed by atoms with Gasteiger partial charge in [0.1, 0.15) is 0 Å². The number of hydrogen-bond acceptors (Lipinski definition) is 4. The van der Waals surface area contributed by atoms with Crippen molar-refractivity contribution in [1.29, 1.82) is 0 Å². The molecule has 0 saturated heterocycles. The summed E-state index contributed by atoms with van der Waals surface area (Å²) in [5.74, 6) is -0.102. The topological polar surface area (TPSA) is 68.0 Å². The van der Waals surface area contributed by atoms with Gasteiger partial charge in [-0.2, -0.15) is 0 Å². The van der Waals surface area contributed by atoms with Crippen LogP contribution in [0.1, 0.15) is 41.8 Å². The largest absolute Gasteiger partial charge is 0.399 e. The van der Waals surface area contributed by atoms with E-state index in [0.29, 0.717) is 17.8 Å². The number of carbonyl (C=O) groups excluding carboxylic acids is 1. The van der Waals surface area contributed by atoms with Gasteiger partial charge in [0.25, 0.3) is 5.91 Å². The predicted octanol–water partition coefficient (Wildman–Crippen LogP) is 3.84. The van der Waals surface area contributed by atoms with E-state index in [1.807, 2.05) is 0 Å². The highest BCUT2D eigenvalue weighted by Gasteiger charge is 2.17. The number of halogens is 2. The summed E-state index contributed by atoms with van der Waals surface area (Å²) in [6.07, 6.45) is 0.745. The summed E-state index contributed by atoms with van der Waals surface area (Å²) >= 11 is 1.64. The maximum Gasteiger partial charge on any atom is 0.251 e. The van der Waals surface area contributed by atoms with Crippen molar-refractivity contribution >= 4 is 47.7 Å². The first-order chi connectivity index (χ1) is 9.86. The molecule has 0 atom stereocenters. The highest BCUT2D eigenvalue weighted by Crippen LogP contribution is 2.23. The monoisotopic (exact) mass is 375 g/mol. The van der Waals surface area contributed by atoms with Crippen molar-refractivity contribution in [2.75, 3.05) is 12.3 Å². The average Bonchev–Trinajstić information content (AvgIpc) is 2.87. The summed E-state index contributed by atoms with van der Waals surface area (Å²) < 4.78 is 0. The van der Waals surface area contributed by atoms with Crippen LogP contribution in [0.25, 0.3) is 0 Å². The Bertz CT molecular complexity index is 638. The lowest BCUT2D eigenvalue weighted by atomic mass is 9.93. The van der Waals surface area contributed by atoms with Gasteiger partial charge < -0.3 is 11.1 Å². The number of nitrogens with one attached hydrogen (secondary N) is 1. The van der Waals surface area contributed by atoms with Crippen LogP contribution in [0, 0.1) is 0 Å². The van der Waals surface area contributed by atoms with Crippen molar-refractivity contribution in [2.24, 2.45) is 0 Å². The van der Waals surface area contributed by atoms with Crippen LogP contribution in [-0.4, -0.2) is 17.4 Å². The van der Waals surface area contributed by atoms with Gasteiger partial charge in [-0.05, 0) is 18.2 Å². The Labute approximate surface area is 153 Å². The van der Waals surface area contributed by atoms with E-state index in [1.165, 1.54) is 0 Å². The molecule has 0 spiro atoms. The second-order valence-electron chi connectivity index (χ2n) is 6.01. The van der Waals surface area contributed by atoms with Crippen LogP contribution in [0.4, 0.5) is 5.69 Å². The Morgan fingerprint density at radius 2 is 2.00 bits per heavy atom. The molecule has 2 aromatic rings. The summed E-state index contributed by atoms with van der Waals surface area (Å²) in [5, 5.41) is 6.04. The highest BCUT2D eigenvalue weighted by molar-refractivity contribution is 7.09. The molecule has 2 rings (SSSR count). The van der Waals surface area contributed by atoms with Crippen LogP contribution in [0.15, 0.2) is 29.6 Å². The Morgan fingerprint density at radius 3 is 2.57 bits per heavy atom. The molecule has 0 radical (unpaired) electrons. The number of thiazole rings is 1. The first kappa shape index (κ1) is 21.7. The molecule has 0 unspecified atom stereocenters. The SMILES string of the molecule is CC(C)(C)c1csc(CCNC(=O)c2cccc(N)c2)n1.Cl.Cl. The smallest absolute Gasteiger partial charge is 0.251 e. The molecule has 3 N–H and O–H groups in total. The molecule has 23 heavy (non-hydrogen) atoms. The van der Waals surface area contributed by atoms with Crippen molar-refractivity contribution in [3.8, 4) is 0 Å². The number of nitrogen functional groups attached to an aromatic ring is 1. The van der Waals surface area contributed by atoms with Crippen molar-refractivity contribution in [2.45, 2.75) is 32.6 Å². The maximum atomic E-state index is 12.0. The van der Waals surface area contributed by atoms with E-state index in [0.717, 1.165) is 17.1 Å². The molecule has 1 amide bonds. The lowest BCUT2D eigenvalue weighted by Crippen LogP contribution is -2.25. The van der Waals surface area contributed by atoms with Gasteiger partial charge in [-0.3, -0.25) is 4.79 Å². The van der Waals surface area contributed by atoms with Crippen molar-refractivity contribution < 1.29 is 4.79 Å². The molecular weight excluding hydrogens is 353 g/mol. The third-order valence-electron chi connectivity index (χ3n) is 3.09. The number of hydrogen-bond donors (Lipinski definition) is 2. The highest BCUT2D eigenvalue weighted by atomic mass is 35.5. The van der Waals surface area contributed by atoms with Gasteiger partial charge in [0.05, 0.1) is 10.7 Å². The van der Waals surface area contributed by atoms with Gasteiger partial charge in [0, 0.05) is 35.0 Å². The summed E-state index contributed by atoms with van der Waals surface area (Å²) in [4.78, 5) is 16.6. The molecule has 128 valence electrons. The van der Waals surface area contributed by atoms with Gasteiger partial charge in [-0.25, -0.2) is 4.98 Å². The minimum absolute atomic E-state index is 0. The van der Waals surface area contributed by atoms with Crippen LogP contribution in [-0.2, 0) is 11.8 Å². The molecule has 0 aliphatic rings. The van der Waals surface area contributed by atoms with E-state index in [-0.39, 0.29) is 36.1 Å². The molecular formula is C16H23Cl2N3OS. The van der Waals surface area contributed by atoms with Crippen molar-refractivity contribution in [3.63, 3.8) is 0 Å². The van der Waals surface area contributed by atoms with E-state index in [4.69, 9.17) is 5.73 Å². The summed E-state index contributed by atoms with van der Waals surface area (Å²) in [5.41, 5.74) is 8.02. The number of carbonyl (C=O) groups is 1. The molecule has 0 aliphatic heterocycles. The number of nitrogens with two attached hydrogens (primary N) is 1. The fourth-order valence-corrected chi connectivity index (χ4v) is 2.86. The zero-order valence-corrected chi connectivity index (χ0v) is 15.9. The fourth-order valence-electron chi connectivity index (χ4n) is 1.84. The Hall–Kier alpha value is -1.30. The molecule has 1 aromatic carbocycles. The normalized spacial score (nSPS) is 10.4. The van der Waals surface area contributed by atoms with Gasteiger partial charge >= 0.3 is 0 Å². The molecule has 0 fully saturated rings. The van der Waals surface area contributed by atoms with Gasteiger partial charge in [0.2, 0.25) is 0 Å². The third-order valence-corrected chi connectivity index (χ3v) is 4.00. The number of benzene rings is 1. The number of anilines is 1. The number of rotatable bonds is 4. The zero-order valence-electron chi connectivity index (χ0n) is 13.5. The quantitative estimate of drug-likeness (QED) is 0.797. The second-order valence-corrected chi connectivity index (χ2v) is 6.95. The predicted molar refractivity (Wildman–Crippen MR) is 102 cm³/mol. The molecule has 4 nitrogen and oxygen atoms in total. The van der Waals surface area contributed by atoms with Crippen LogP contribution in [0.2, 0.25) is 0 Å². The van der Waals surface area contributed by atoms with Crippen LogP contribution < -0.4 is 11.1 Å². The number of amides is 1. The van der Waals surface area contributed by atoms with Gasteiger partial charge in [0.15, 0.2) is 0 Å². The van der Waals surface area contributed by atoms with E-state index in [1.54, 1.807) is 35.6 Å². The first-order valence-electron chi connectivity index (χ1n) is 6.95. The molecule has 1 heterocycles. The maximum absolute atomic E-state index is 12.0. The summed E-state index contributed by atoms with van der Waals surface area (Å²) in [6, 6.07) is 6.98. The van der Waals surface area contributed by atoms with E-state index < -0.39 is 0 Å². The standard InChI is InChI=1S/C16H21N3OS.2ClH/c1-16(2,3)13-10-21-14(19-13)7-8-18-15(20)11-5-4-6-12(17)9-11;;/h4-6,9-10H,7-8,17H2,1-3H3,(H,18,20);2*1H. The minimum atomic E-state index is -0.102. The number of aromatic nitrogens is 1. The second kappa shape index (κ2) is 9.11. The lowest BCUT2D eigenvalue weighted by molar-refractivity contribution is 0.0954. The zero-order chi connectivity index (χ0) is 15.5. The summed E-state index contributed by atoms with van der Waals surface area (Å²) in [6.45, 7) is 7.01. The Morgan fingerprint density at radius 1 is 1.30 bits per heavy atom. The van der Waals surface area contributed by atoms with Crippen molar-refractivity contribution in [3.05, 3.63) is 45.9 Å². The fraction of sp³-hybridized carbons (Fsp3) is 0.375.